The molecule has 1 aromatic heterocycles. The molecule has 0 spiro atoms. The van der Waals surface area contributed by atoms with Crippen molar-refractivity contribution in [1.29, 1.82) is 5.26 Å². The van der Waals surface area contributed by atoms with Gasteiger partial charge in [-0.05, 0) is 49.8 Å². The van der Waals surface area contributed by atoms with Gasteiger partial charge in [-0.25, -0.2) is 4.98 Å². The van der Waals surface area contributed by atoms with Crippen molar-refractivity contribution >= 4 is 45.4 Å². The Balaban J connectivity index is 1.82. The Morgan fingerprint density at radius 1 is 1.11 bits per heavy atom. The topological polar surface area (TPSA) is 72.2 Å². The molecule has 0 aliphatic heterocycles. The molecule has 3 rings (SSSR count). The molecule has 0 aliphatic rings. The molecular weight excluding hydrogens is 580 g/mol. The number of ether oxygens (including phenoxy) is 2. The minimum atomic E-state index is -0.343. The van der Waals surface area contributed by atoms with Crippen LogP contribution >= 0.6 is 39.5 Å². The lowest BCUT2D eigenvalue weighted by Gasteiger charge is -2.19. The molecule has 0 amide bonds. The number of esters is 1. The minimum absolute atomic E-state index is 0.0531. The molecule has 5 nitrogen and oxygen atoms in total. The van der Waals surface area contributed by atoms with Gasteiger partial charge in [0.05, 0.1) is 29.7 Å². The zero-order chi connectivity index (χ0) is 27.3. The number of nitrogens with zero attached hydrogens (tertiary/aromatic N) is 2. The van der Waals surface area contributed by atoms with E-state index in [2.05, 4.69) is 28.9 Å². The van der Waals surface area contributed by atoms with Gasteiger partial charge in [-0.1, -0.05) is 83.5 Å². The Labute approximate surface area is 242 Å². The van der Waals surface area contributed by atoms with Crippen molar-refractivity contribution in [3.63, 3.8) is 0 Å². The molecule has 38 heavy (non-hydrogen) atoms. The molecule has 0 saturated heterocycles. The van der Waals surface area contributed by atoms with Crippen molar-refractivity contribution in [3.8, 4) is 28.5 Å². The Morgan fingerprint density at radius 2 is 1.84 bits per heavy atom. The van der Waals surface area contributed by atoms with E-state index in [9.17, 15) is 10.1 Å². The molecule has 0 fully saturated rings. The average molecular weight is 614 g/mol. The lowest BCUT2D eigenvalue weighted by atomic mass is 9.99. The summed E-state index contributed by atoms with van der Waals surface area (Å²) in [6.45, 7) is 6.47. The first kappa shape index (κ1) is 30.2. The maximum Gasteiger partial charge on any atom is 0.316 e. The monoisotopic (exact) mass is 612 g/mol. The Hall–Kier alpha value is -2.31. The van der Waals surface area contributed by atoms with Crippen molar-refractivity contribution in [2.24, 2.45) is 0 Å². The fourth-order valence-corrected chi connectivity index (χ4v) is 5.71. The van der Waals surface area contributed by atoms with Crippen LogP contribution in [0.25, 0.3) is 22.4 Å². The van der Waals surface area contributed by atoms with Gasteiger partial charge in [0, 0.05) is 21.4 Å². The number of aromatic nitrogens is 1. The van der Waals surface area contributed by atoms with E-state index in [-0.39, 0.29) is 23.9 Å². The number of unbranched alkanes of at least 4 members (excludes halogenated alkanes) is 1. The first-order chi connectivity index (χ1) is 18.4. The molecule has 0 N–H and O–H groups in total. The van der Waals surface area contributed by atoms with Crippen LogP contribution in [0, 0.1) is 11.3 Å². The molecule has 0 aliphatic carbocycles. The maximum atomic E-state index is 12.9. The van der Waals surface area contributed by atoms with Crippen LogP contribution < -0.4 is 0 Å². The molecule has 0 bridgehead atoms. The Bertz CT molecular complexity index is 1210. The summed E-state index contributed by atoms with van der Waals surface area (Å²) in [6, 6.07) is 21.9. The van der Waals surface area contributed by atoms with Crippen LogP contribution in [0.3, 0.4) is 0 Å². The van der Waals surface area contributed by atoms with Crippen LogP contribution in [0.5, 0.6) is 0 Å². The number of benzene rings is 2. The predicted molar refractivity (Wildman–Crippen MR) is 161 cm³/mol. The summed E-state index contributed by atoms with van der Waals surface area (Å²) in [5.41, 5.74) is 3.82. The van der Waals surface area contributed by atoms with Crippen molar-refractivity contribution in [2.75, 3.05) is 23.9 Å². The summed E-state index contributed by atoms with van der Waals surface area (Å²) in [5.74, 6) is 1.44. The number of carbonyl (C=O) groups excluding carboxylic acids is 1. The van der Waals surface area contributed by atoms with Crippen LogP contribution in [0.15, 0.2) is 70.2 Å². The van der Waals surface area contributed by atoms with Crippen molar-refractivity contribution in [2.45, 2.75) is 50.8 Å². The van der Waals surface area contributed by atoms with E-state index >= 15 is 0 Å². The summed E-state index contributed by atoms with van der Waals surface area (Å²) in [7, 11) is 0. The van der Waals surface area contributed by atoms with E-state index in [1.54, 1.807) is 11.8 Å². The summed E-state index contributed by atoms with van der Waals surface area (Å²) >= 11 is 6.49. The van der Waals surface area contributed by atoms with Crippen LogP contribution in [-0.2, 0) is 14.3 Å². The first-order valence-corrected chi connectivity index (χ1v) is 15.6. The van der Waals surface area contributed by atoms with Crippen molar-refractivity contribution in [1.82, 2.24) is 4.98 Å². The molecular formula is C30H33BrN2O3S2. The zero-order valence-corrected chi connectivity index (χ0v) is 25.2. The number of hydrogen-bond donors (Lipinski definition) is 0. The number of carbonyl (C=O) groups is 1. The molecule has 1 heterocycles. The van der Waals surface area contributed by atoms with Gasteiger partial charge in [-0.15, -0.1) is 0 Å². The zero-order valence-electron chi connectivity index (χ0n) is 22.0. The molecule has 200 valence electrons. The van der Waals surface area contributed by atoms with Crippen LogP contribution in [0.1, 0.15) is 39.2 Å². The first-order valence-electron chi connectivity index (χ1n) is 12.7. The fourth-order valence-electron chi connectivity index (χ4n) is 3.57. The second-order valence-electron chi connectivity index (χ2n) is 8.93. The molecule has 3 aromatic rings. The van der Waals surface area contributed by atoms with Crippen LogP contribution in [0.4, 0.5) is 0 Å². The van der Waals surface area contributed by atoms with Crippen molar-refractivity contribution < 1.29 is 14.3 Å². The van der Waals surface area contributed by atoms with Gasteiger partial charge >= 0.3 is 5.97 Å². The molecule has 8 heteroatoms. The van der Waals surface area contributed by atoms with Crippen LogP contribution in [-0.4, -0.2) is 47.0 Å². The van der Waals surface area contributed by atoms with E-state index in [1.165, 1.54) is 11.8 Å². The molecule has 0 saturated carbocycles. The third kappa shape index (κ3) is 9.46. The molecule has 0 radical (unpaired) electrons. The van der Waals surface area contributed by atoms with Gasteiger partial charge in [-0.2, -0.15) is 17.0 Å². The predicted octanol–water partition coefficient (Wildman–Crippen LogP) is 8.01. The largest absolute Gasteiger partial charge is 0.458 e. The van der Waals surface area contributed by atoms with E-state index in [4.69, 9.17) is 14.5 Å². The van der Waals surface area contributed by atoms with Gasteiger partial charge in [0.1, 0.15) is 17.2 Å². The summed E-state index contributed by atoms with van der Waals surface area (Å²) in [6.07, 6.45) is 2.01. The van der Waals surface area contributed by atoms with E-state index in [0.717, 1.165) is 45.5 Å². The molecule has 1 unspecified atom stereocenters. The number of pyridine rings is 1. The summed E-state index contributed by atoms with van der Waals surface area (Å²) in [4.78, 5) is 17.7. The second-order valence-corrected chi connectivity index (χ2v) is 12.0. The van der Waals surface area contributed by atoms with Gasteiger partial charge in [0.15, 0.2) is 0 Å². The lowest BCUT2D eigenvalue weighted by Crippen LogP contribution is -2.28. The fraction of sp³-hybridized carbons (Fsp3) is 0.367. The standard InChI is InChI=1S/C30H33BrN2O3S2/c1-4-5-15-37-19-25(18-35-21(2)3)36-29(34)20-38-30-27(17-32)26(22-9-7-6-8-10-22)16-28(33-30)23-11-13-24(31)14-12-23/h6-14,16,21,25H,4-5,15,18-20H2,1-3H3. The van der Waals surface area contributed by atoms with Crippen LogP contribution in [0.2, 0.25) is 0 Å². The van der Waals surface area contributed by atoms with E-state index in [0.29, 0.717) is 22.9 Å². The summed E-state index contributed by atoms with van der Waals surface area (Å²) in [5, 5.41) is 10.6. The average Bonchev–Trinajstić information content (AvgIpc) is 2.93. The maximum absolute atomic E-state index is 12.9. The number of halogens is 1. The normalized spacial score (nSPS) is 11.8. The number of nitriles is 1. The lowest BCUT2D eigenvalue weighted by molar-refractivity contribution is -0.148. The van der Waals surface area contributed by atoms with Gasteiger partial charge in [0.2, 0.25) is 0 Å². The number of hydrogen-bond acceptors (Lipinski definition) is 7. The van der Waals surface area contributed by atoms with Crippen molar-refractivity contribution in [3.05, 3.63) is 70.7 Å². The number of rotatable bonds is 14. The highest BCUT2D eigenvalue weighted by Gasteiger charge is 2.20. The number of thioether (sulfide) groups is 2. The Morgan fingerprint density at radius 3 is 2.50 bits per heavy atom. The second kappa shape index (κ2) is 15.9. The SMILES string of the molecule is CCCCSCC(COC(C)C)OC(=O)CSc1nc(-c2ccc(Br)cc2)cc(-c2ccccc2)c1C#N. The Kier molecular flexibility index (Phi) is 12.7. The van der Waals surface area contributed by atoms with E-state index in [1.807, 2.05) is 74.5 Å². The summed E-state index contributed by atoms with van der Waals surface area (Å²) < 4.78 is 12.5. The quantitative estimate of drug-likeness (QED) is 0.104. The minimum Gasteiger partial charge on any atom is -0.458 e. The third-order valence-electron chi connectivity index (χ3n) is 5.51. The third-order valence-corrected chi connectivity index (χ3v) is 8.17. The van der Waals surface area contributed by atoms with Gasteiger partial charge < -0.3 is 9.47 Å². The molecule has 2 aromatic carbocycles. The van der Waals surface area contributed by atoms with Gasteiger partial charge in [0.25, 0.3) is 0 Å². The van der Waals surface area contributed by atoms with E-state index < -0.39 is 0 Å². The highest BCUT2D eigenvalue weighted by Crippen LogP contribution is 2.34. The smallest absolute Gasteiger partial charge is 0.316 e. The highest BCUT2D eigenvalue weighted by molar-refractivity contribution is 9.10. The molecule has 1 atom stereocenters. The van der Waals surface area contributed by atoms with Gasteiger partial charge in [-0.3, -0.25) is 4.79 Å². The highest BCUT2D eigenvalue weighted by atomic mass is 79.9.